The molecule has 30 heavy (non-hydrogen) atoms. The predicted molar refractivity (Wildman–Crippen MR) is 114 cm³/mol. The second kappa shape index (κ2) is 7.86. The van der Waals surface area contributed by atoms with Gasteiger partial charge in [0, 0.05) is 74.1 Å². The van der Waals surface area contributed by atoms with Crippen LogP contribution in [-0.2, 0) is 17.8 Å². The number of aryl methyl sites for hydroxylation is 1. The fraction of sp³-hybridized carbons (Fsp3) is 0.333. The Labute approximate surface area is 175 Å². The molecule has 0 aliphatic carbocycles. The predicted octanol–water partition coefficient (Wildman–Crippen LogP) is 2.88. The van der Waals surface area contributed by atoms with Crippen LogP contribution in [0.4, 0.5) is 0 Å². The maximum atomic E-state index is 12.9. The number of amides is 1. The number of aromatic nitrogens is 3. The third kappa shape index (κ3) is 3.65. The van der Waals surface area contributed by atoms with Crippen molar-refractivity contribution in [2.45, 2.75) is 31.7 Å². The summed E-state index contributed by atoms with van der Waals surface area (Å²) in [4.78, 5) is 35.9. The van der Waals surface area contributed by atoms with E-state index in [1.54, 1.807) is 30.9 Å². The number of hydrogen-bond acceptors (Lipinski definition) is 4. The number of piperidine rings is 1. The SMILES string of the molecule is O=C(CCc1ccncc1)N1C[C@@H]2C[C@H](C1)c1cc(-c3cccnc3)cc(=O)n1C2. The Bertz CT molecular complexity index is 1110. The molecule has 152 valence electrons. The Morgan fingerprint density at radius 3 is 2.67 bits per heavy atom. The topological polar surface area (TPSA) is 68.1 Å². The Morgan fingerprint density at radius 1 is 1.00 bits per heavy atom. The molecule has 5 rings (SSSR count). The zero-order valence-corrected chi connectivity index (χ0v) is 16.8. The van der Waals surface area contributed by atoms with Gasteiger partial charge in [-0.2, -0.15) is 0 Å². The fourth-order valence-electron chi connectivity index (χ4n) is 4.82. The van der Waals surface area contributed by atoms with Crippen molar-refractivity contribution in [2.75, 3.05) is 13.1 Å². The molecule has 0 spiro atoms. The zero-order valence-electron chi connectivity index (χ0n) is 16.8. The van der Waals surface area contributed by atoms with Crippen molar-refractivity contribution in [3.8, 4) is 11.1 Å². The summed E-state index contributed by atoms with van der Waals surface area (Å²) in [5.41, 5.74) is 4.07. The van der Waals surface area contributed by atoms with Gasteiger partial charge in [0.15, 0.2) is 0 Å². The van der Waals surface area contributed by atoms with E-state index in [1.165, 1.54) is 0 Å². The minimum atomic E-state index is 0.0403. The molecule has 0 unspecified atom stereocenters. The first-order valence-electron chi connectivity index (χ1n) is 10.5. The van der Waals surface area contributed by atoms with Crippen LogP contribution >= 0.6 is 0 Å². The van der Waals surface area contributed by atoms with E-state index in [4.69, 9.17) is 0 Å². The van der Waals surface area contributed by atoms with E-state index >= 15 is 0 Å². The van der Waals surface area contributed by atoms with Crippen LogP contribution in [0.5, 0.6) is 0 Å². The van der Waals surface area contributed by atoms with Crippen molar-refractivity contribution in [3.05, 3.63) is 82.8 Å². The Morgan fingerprint density at radius 2 is 1.87 bits per heavy atom. The first kappa shape index (κ1) is 18.7. The number of nitrogens with zero attached hydrogens (tertiary/aromatic N) is 4. The molecule has 0 N–H and O–H groups in total. The highest BCUT2D eigenvalue weighted by molar-refractivity contribution is 5.76. The lowest BCUT2D eigenvalue weighted by Gasteiger charge is -2.43. The largest absolute Gasteiger partial charge is 0.342 e. The molecule has 0 radical (unpaired) electrons. The van der Waals surface area contributed by atoms with Gasteiger partial charge < -0.3 is 9.47 Å². The van der Waals surface area contributed by atoms with E-state index in [1.807, 2.05) is 33.7 Å². The minimum Gasteiger partial charge on any atom is -0.342 e. The number of fused-ring (bicyclic) bond motifs is 4. The van der Waals surface area contributed by atoms with Gasteiger partial charge in [-0.25, -0.2) is 0 Å². The highest BCUT2D eigenvalue weighted by Gasteiger charge is 2.36. The smallest absolute Gasteiger partial charge is 0.251 e. The molecule has 2 atom stereocenters. The average molecular weight is 400 g/mol. The summed E-state index contributed by atoms with van der Waals surface area (Å²) >= 11 is 0. The Balaban J connectivity index is 1.36. The molecule has 0 saturated carbocycles. The molecular formula is C24H24N4O2. The van der Waals surface area contributed by atoms with Gasteiger partial charge in [-0.3, -0.25) is 19.6 Å². The molecule has 1 amide bonds. The first-order valence-corrected chi connectivity index (χ1v) is 10.5. The molecule has 6 heteroatoms. The number of pyridine rings is 3. The standard InChI is InChI=1S/C24H24N4O2/c29-23(4-3-17-5-8-25-9-6-17)27-14-18-10-21(16-27)22-11-20(12-24(30)28(22)15-18)19-2-1-7-26-13-19/h1-2,5-9,11-13,18,21H,3-4,10,14-16H2/t18-,21+/m0/s1. The second-order valence-electron chi connectivity index (χ2n) is 8.31. The molecule has 2 bridgehead atoms. The molecule has 1 saturated heterocycles. The molecule has 3 aromatic rings. The van der Waals surface area contributed by atoms with Crippen LogP contribution in [-0.4, -0.2) is 38.4 Å². The first-order chi connectivity index (χ1) is 14.7. The van der Waals surface area contributed by atoms with Crippen molar-refractivity contribution in [1.82, 2.24) is 19.4 Å². The third-order valence-electron chi connectivity index (χ3n) is 6.28. The van der Waals surface area contributed by atoms with Crippen LogP contribution in [0.1, 0.15) is 30.0 Å². The Kier molecular flexibility index (Phi) is 4.91. The molecule has 6 nitrogen and oxygen atoms in total. The highest BCUT2D eigenvalue weighted by atomic mass is 16.2. The van der Waals surface area contributed by atoms with E-state index in [0.29, 0.717) is 25.4 Å². The van der Waals surface area contributed by atoms with Gasteiger partial charge in [0.25, 0.3) is 5.56 Å². The van der Waals surface area contributed by atoms with Crippen molar-refractivity contribution < 1.29 is 4.79 Å². The van der Waals surface area contributed by atoms with Crippen LogP contribution in [0.3, 0.4) is 0 Å². The summed E-state index contributed by atoms with van der Waals surface area (Å²) in [6.45, 7) is 2.11. The van der Waals surface area contributed by atoms with Gasteiger partial charge in [-0.1, -0.05) is 6.07 Å². The maximum absolute atomic E-state index is 12.9. The van der Waals surface area contributed by atoms with Crippen molar-refractivity contribution in [1.29, 1.82) is 0 Å². The zero-order chi connectivity index (χ0) is 20.5. The second-order valence-corrected chi connectivity index (χ2v) is 8.31. The summed E-state index contributed by atoms with van der Waals surface area (Å²) in [5.74, 6) is 0.732. The van der Waals surface area contributed by atoms with Crippen molar-refractivity contribution >= 4 is 5.91 Å². The highest BCUT2D eigenvalue weighted by Crippen LogP contribution is 2.36. The molecule has 5 heterocycles. The summed E-state index contributed by atoms with van der Waals surface area (Å²) < 4.78 is 1.91. The fourth-order valence-corrected chi connectivity index (χ4v) is 4.82. The van der Waals surface area contributed by atoms with Gasteiger partial charge in [0.2, 0.25) is 5.91 Å². The van der Waals surface area contributed by atoms with Crippen molar-refractivity contribution in [2.24, 2.45) is 5.92 Å². The molecule has 2 aliphatic heterocycles. The van der Waals surface area contributed by atoms with Gasteiger partial charge >= 0.3 is 0 Å². The number of rotatable bonds is 4. The van der Waals surface area contributed by atoms with Crippen molar-refractivity contribution in [3.63, 3.8) is 0 Å². The number of carbonyl (C=O) groups is 1. The third-order valence-corrected chi connectivity index (χ3v) is 6.28. The van der Waals surface area contributed by atoms with Crippen LogP contribution < -0.4 is 5.56 Å². The summed E-state index contributed by atoms with van der Waals surface area (Å²) in [6.07, 6.45) is 9.31. The van der Waals surface area contributed by atoms with Gasteiger partial charge in [-0.05, 0) is 54.2 Å². The quantitative estimate of drug-likeness (QED) is 0.675. The van der Waals surface area contributed by atoms with E-state index in [2.05, 4.69) is 16.0 Å². The molecular weight excluding hydrogens is 376 g/mol. The summed E-state index contributed by atoms with van der Waals surface area (Å²) in [7, 11) is 0. The van der Waals surface area contributed by atoms with E-state index in [9.17, 15) is 9.59 Å². The van der Waals surface area contributed by atoms with Crippen LogP contribution in [0, 0.1) is 5.92 Å². The van der Waals surface area contributed by atoms with Gasteiger partial charge in [0.05, 0.1) is 0 Å². The lowest BCUT2D eigenvalue weighted by Crippen LogP contribution is -2.49. The monoisotopic (exact) mass is 400 g/mol. The molecule has 1 fully saturated rings. The number of hydrogen-bond donors (Lipinski definition) is 0. The van der Waals surface area contributed by atoms with Crippen LogP contribution in [0.2, 0.25) is 0 Å². The molecule has 3 aromatic heterocycles. The van der Waals surface area contributed by atoms with E-state index < -0.39 is 0 Å². The lowest BCUT2D eigenvalue weighted by atomic mass is 9.82. The number of carbonyl (C=O) groups excluding carboxylic acids is 1. The number of likely N-dealkylation sites (tertiary alicyclic amines) is 1. The molecule has 0 aromatic carbocycles. The Hall–Kier alpha value is -3.28. The summed E-state index contributed by atoms with van der Waals surface area (Å²) in [5, 5.41) is 0. The minimum absolute atomic E-state index is 0.0403. The van der Waals surface area contributed by atoms with Gasteiger partial charge in [0.1, 0.15) is 0 Å². The van der Waals surface area contributed by atoms with E-state index in [0.717, 1.165) is 41.8 Å². The van der Waals surface area contributed by atoms with Crippen LogP contribution in [0.25, 0.3) is 11.1 Å². The normalized spacial score (nSPS) is 19.9. The maximum Gasteiger partial charge on any atom is 0.251 e. The van der Waals surface area contributed by atoms with E-state index in [-0.39, 0.29) is 17.4 Å². The summed E-state index contributed by atoms with van der Waals surface area (Å²) in [6, 6.07) is 11.6. The molecule has 2 aliphatic rings. The van der Waals surface area contributed by atoms with Gasteiger partial charge in [-0.15, -0.1) is 0 Å². The van der Waals surface area contributed by atoms with Crippen LogP contribution in [0.15, 0.2) is 66.0 Å². The lowest BCUT2D eigenvalue weighted by molar-refractivity contribution is -0.133. The average Bonchev–Trinajstić information content (AvgIpc) is 2.79.